The molecule has 1 atom stereocenters. The summed E-state index contributed by atoms with van der Waals surface area (Å²) in [6, 6.07) is 13.8. The number of benzene rings is 2. The number of rotatable bonds is 7. The van der Waals surface area contributed by atoms with Gasteiger partial charge in [0.25, 0.3) is 0 Å². The molecule has 3 rings (SSSR count). The summed E-state index contributed by atoms with van der Waals surface area (Å²) in [6.45, 7) is 2.74. The third-order valence-electron chi connectivity index (χ3n) is 5.46. The van der Waals surface area contributed by atoms with E-state index in [9.17, 15) is 5.11 Å². The van der Waals surface area contributed by atoms with E-state index in [1.165, 1.54) is 5.56 Å². The Morgan fingerprint density at radius 1 is 1.11 bits per heavy atom. The van der Waals surface area contributed by atoms with E-state index in [0.717, 1.165) is 61.0 Å². The van der Waals surface area contributed by atoms with Crippen LogP contribution in [0.4, 0.5) is 0 Å². The van der Waals surface area contributed by atoms with Gasteiger partial charge >= 0.3 is 0 Å². The highest BCUT2D eigenvalue weighted by Crippen LogP contribution is 2.36. The smallest absolute Gasteiger partial charge is 0.127 e. The summed E-state index contributed by atoms with van der Waals surface area (Å²) >= 11 is 6.15. The average molecular weight is 390 g/mol. The van der Waals surface area contributed by atoms with Gasteiger partial charge in [0.1, 0.15) is 11.5 Å². The number of hydrogen-bond donors (Lipinski definition) is 1. The molecular formula is C22H28ClNO3. The van der Waals surface area contributed by atoms with Gasteiger partial charge in [0, 0.05) is 23.5 Å². The van der Waals surface area contributed by atoms with Crippen LogP contribution in [0.3, 0.4) is 0 Å². The first-order valence-electron chi connectivity index (χ1n) is 9.37. The predicted octanol–water partition coefficient (Wildman–Crippen LogP) is 4.17. The monoisotopic (exact) mass is 389 g/mol. The summed E-state index contributed by atoms with van der Waals surface area (Å²) in [6.07, 6.45) is 2.89. The number of aliphatic hydroxyl groups is 1. The molecule has 0 amide bonds. The molecule has 0 saturated carbocycles. The SMILES string of the molecule is COc1cccc(OC)c1CN1CCCC(CO)(Cc2cccc(Cl)c2)C1. The lowest BCUT2D eigenvalue weighted by molar-refractivity contribution is 0.0283. The Hall–Kier alpha value is -1.75. The molecule has 1 saturated heterocycles. The summed E-state index contributed by atoms with van der Waals surface area (Å²) in [5.74, 6) is 1.67. The maximum Gasteiger partial charge on any atom is 0.127 e. The average Bonchev–Trinajstić information content (AvgIpc) is 2.68. The topological polar surface area (TPSA) is 41.9 Å². The van der Waals surface area contributed by atoms with Gasteiger partial charge in [-0.3, -0.25) is 4.90 Å². The minimum absolute atomic E-state index is 0.155. The van der Waals surface area contributed by atoms with Crippen LogP contribution in [0.2, 0.25) is 5.02 Å². The Labute approximate surface area is 166 Å². The Morgan fingerprint density at radius 2 is 1.81 bits per heavy atom. The van der Waals surface area contributed by atoms with Gasteiger partial charge in [0.2, 0.25) is 0 Å². The highest BCUT2D eigenvalue weighted by molar-refractivity contribution is 6.30. The van der Waals surface area contributed by atoms with Crippen molar-refractivity contribution in [3.8, 4) is 11.5 Å². The molecule has 0 radical (unpaired) electrons. The summed E-state index contributed by atoms with van der Waals surface area (Å²) in [4.78, 5) is 2.39. The van der Waals surface area contributed by atoms with E-state index in [2.05, 4.69) is 11.0 Å². The molecule has 0 aromatic heterocycles. The summed E-state index contributed by atoms with van der Waals surface area (Å²) in [5.41, 5.74) is 2.07. The van der Waals surface area contributed by atoms with E-state index in [1.54, 1.807) is 14.2 Å². The first-order chi connectivity index (χ1) is 13.1. The van der Waals surface area contributed by atoms with Crippen molar-refractivity contribution in [3.63, 3.8) is 0 Å². The van der Waals surface area contributed by atoms with Crippen LogP contribution < -0.4 is 9.47 Å². The number of likely N-dealkylation sites (tertiary alicyclic amines) is 1. The summed E-state index contributed by atoms with van der Waals surface area (Å²) in [5, 5.41) is 11.0. The summed E-state index contributed by atoms with van der Waals surface area (Å²) < 4.78 is 11.1. The number of aliphatic hydroxyl groups excluding tert-OH is 1. The normalized spacial score (nSPS) is 20.4. The highest BCUT2D eigenvalue weighted by atomic mass is 35.5. The molecular weight excluding hydrogens is 362 g/mol. The van der Waals surface area contributed by atoms with Gasteiger partial charge < -0.3 is 14.6 Å². The molecule has 146 valence electrons. The van der Waals surface area contributed by atoms with Gasteiger partial charge in [-0.1, -0.05) is 29.8 Å². The van der Waals surface area contributed by atoms with E-state index in [4.69, 9.17) is 21.1 Å². The van der Waals surface area contributed by atoms with Crippen molar-refractivity contribution in [1.29, 1.82) is 0 Å². The van der Waals surface area contributed by atoms with E-state index < -0.39 is 0 Å². The number of halogens is 1. The number of ether oxygens (including phenoxy) is 2. The fourth-order valence-electron chi connectivity index (χ4n) is 4.16. The molecule has 1 unspecified atom stereocenters. The van der Waals surface area contributed by atoms with Gasteiger partial charge in [-0.05, 0) is 55.6 Å². The number of hydrogen-bond acceptors (Lipinski definition) is 4. The minimum atomic E-state index is -0.155. The van der Waals surface area contributed by atoms with Crippen molar-refractivity contribution in [3.05, 3.63) is 58.6 Å². The van der Waals surface area contributed by atoms with Crippen LogP contribution >= 0.6 is 11.6 Å². The predicted molar refractivity (Wildman–Crippen MR) is 109 cm³/mol. The molecule has 1 aliphatic heterocycles. The van der Waals surface area contributed by atoms with Crippen LogP contribution in [0.25, 0.3) is 0 Å². The Balaban J connectivity index is 1.79. The van der Waals surface area contributed by atoms with E-state index in [-0.39, 0.29) is 12.0 Å². The zero-order valence-electron chi connectivity index (χ0n) is 16.1. The molecule has 1 aliphatic rings. The molecule has 4 nitrogen and oxygen atoms in total. The third-order valence-corrected chi connectivity index (χ3v) is 5.69. The van der Waals surface area contributed by atoms with Crippen LogP contribution in [-0.2, 0) is 13.0 Å². The van der Waals surface area contributed by atoms with Crippen LogP contribution in [0.1, 0.15) is 24.0 Å². The fraction of sp³-hybridized carbons (Fsp3) is 0.455. The second-order valence-corrected chi connectivity index (χ2v) is 7.86. The van der Waals surface area contributed by atoms with Gasteiger partial charge in [-0.25, -0.2) is 0 Å². The largest absolute Gasteiger partial charge is 0.496 e. The Morgan fingerprint density at radius 3 is 2.44 bits per heavy atom. The van der Waals surface area contributed by atoms with Crippen LogP contribution in [-0.4, -0.2) is 43.9 Å². The lowest BCUT2D eigenvalue weighted by Crippen LogP contribution is -2.46. The quantitative estimate of drug-likeness (QED) is 0.771. The standard InChI is InChI=1S/C22H28ClNO3/c1-26-20-8-4-9-21(27-2)19(20)14-24-11-5-10-22(15-24,16-25)13-17-6-3-7-18(23)12-17/h3-4,6-9,12,25H,5,10-11,13-16H2,1-2H3. The van der Waals surface area contributed by atoms with Crippen LogP contribution in [0, 0.1) is 5.41 Å². The van der Waals surface area contributed by atoms with Gasteiger partial charge in [0.15, 0.2) is 0 Å². The van der Waals surface area contributed by atoms with Crippen molar-refractivity contribution in [2.75, 3.05) is 33.9 Å². The van der Waals surface area contributed by atoms with E-state index in [1.807, 2.05) is 36.4 Å². The van der Waals surface area contributed by atoms with Crippen molar-refractivity contribution in [1.82, 2.24) is 4.90 Å². The fourth-order valence-corrected chi connectivity index (χ4v) is 4.37. The third kappa shape index (κ3) is 4.75. The first-order valence-corrected chi connectivity index (χ1v) is 9.74. The van der Waals surface area contributed by atoms with Crippen molar-refractivity contribution in [2.45, 2.75) is 25.8 Å². The van der Waals surface area contributed by atoms with Crippen molar-refractivity contribution >= 4 is 11.6 Å². The molecule has 2 aromatic carbocycles. The second-order valence-electron chi connectivity index (χ2n) is 7.42. The maximum atomic E-state index is 10.2. The van der Waals surface area contributed by atoms with Gasteiger partial charge in [-0.15, -0.1) is 0 Å². The number of methoxy groups -OCH3 is 2. The van der Waals surface area contributed by atoms with Gasteiger partial charge in [-0.2, -0.15) is 0 Å². The molecule has 0 aliphatic carbocycles. The Bertz CT molecular complexity index is 745. The molecule has 1 N–H and O–H groups in total. The van der Waals surface area contributed by atoms with Crippen LogP contribution in [0.5, 0.6) is 11.5 Å². The van der Waals surface area contributed by atoms with Gasteiger partial charge in [0.05, 0.1) is 26.4 Å². The Kier molecular flexibility index (Phi) is 6.64. The second kappa shape index (κ2) is 8.96. The molecule has 2 aromatic rings. The number of piperidine rings is 1. The highest BCUT2D eigenvalue weighted by Gasteiger charge is 2.35. The molecule has 0 bridgehead atoms. The minimum Gasteiger partial charge on any atom is -0.496 e. The molecule has 1 heterocycles. The maximum absolute atomic E-state index is 10.2. The van der Waals surface area contributed by atoms with E-state index in [0.29, 0.717) is 0 Å². The summed E-state index contributed by atoms with van der Waals surface area (Å²) in [7, 11) is 3.37. The van der Waals surface area contributed by atoms with Crippen LogP contribution in [0.15, 0.2) is 42.5 Å². The number of nitrogens with zero attached hydrogens (tertiary/aromatic N) is 1. The van der Waals surface area contributed by atoms with E-state index >= 15 is 0 Å². The lowest BCUT2D eigenvalue weighted by Gasteiger charge is -2.42. The molecule has 27 heavy (non-hydrogen) atoms. The molecule has 1 fully saturated rings. The molecule has 5 heteroatoms. The van der Waals surface area contributed by atoms with Crippen molar-refractivity contribution < 1.29 is 14.6 Å². The zero-order valence-corrected chi connectivity index (χ0v) is 16.8. The van der Waals surface area contributed by atoms with Crippen molar-refractivity contribution in [2.24, 2.45) is 5.41 Å². The zero-order chi connectivity index (χ0) is 19.3. The molecule has 0 spiro atoms. The lowest BCUT2D eigenvalue weighted by atomic mass is 9.75. The first kappa shape index (κ1) is 20.0.